The molecule has 8 nitrogen and oxygen atoms in total. The molecule has 1 aromatic rings. The Balaban J connectivity index is 1.76. The maximum Gasteiger partial charge on any atom is 0.312 e. The quantitative estimate of drug-likeness (QED) is 0.295. The van der Waals surface area contributed by atoms with Gasteiger partial charge in [0.2, 0.25) is 11.8 Å². The second kappa shape index (κ2) is 9.79. The summed E-state index contributed by atoms with van der Waals surface area (Å²) < 4.78 is 11.7. The SMILES string of the molecule is C=CCN(Cc1ccccc1)C(=O)C1N([C@H](C)CO)C(=O)[C@@H]2[C@@H](C(=O)OCC)[C@@H]3OC12CC3Br. The van der Waals surface area contributed by atoms with Gasteiger partial charge in [0.05, 0.1) is 37.2 Å². The smallest absolute Gasteiger partial charge is 0.312 e. The zero-order valence-electron chi connectivity index (χ0n) is 19.4. The van der Waals surface area contributed by atoms with Gasteiger partial charge < -0.3 is 24.4 Å². The Labute approximate surface area is 208 Å². The van der Waals surface area contributed by atoms with E-state index in [1.165, 1.54) is 4.90 Å². The van der Waals surface area contributed by atoms with Crippen LogP contribution in [-0.2, 0) is 30.4 Å². The van der Waals surface area contributed by atoms with E-state index in [0.29, 0.717) is 13.0 Å². The molecule has 2 amide bonds. The number of carbonyl (C=O) groups is 3. The number of benzene rings is 1. The van der Waals surface area contributed by atoms with Crippen molar-refractivity contribution in [1.82, 2.24) is 9.80 Å². The fourth-order valence-corrected chi connectivity index (χ4v) is 6.72. The summed E-state index contributed by atoms with van der Waals surface area (Å²) in [5.41, 5.74) is -0.235. The topological polar surface area (TPSA) is 96.4 Å². The molecule has 3 aliphatic heterocycles. The number of halogens is 1. The largest absolute Gasteiger partial charge is 0.466 e. The minimum Gasteiger partial charge on any atom is -0.466 e. The summed E-state index contributed by atoms with van der Waals surface area (Å²) >= 11 is 3.63. The van der Waals surface area contributed by atoms with E-state index in [0.717, 1.165) is 5.56 Å². The van der Waals surface area contributed by atoms with Crippen molar-refractivity contribution in [2.24, 2.45) is 11.8 Å². The molecule has 3 unspecified atom stereocenters. The molecule has 3 heterocycles. The van der Waals surface area contributed by atoms with E-state index in [2.05, 4.69) is 22.5 Å². The molecule has 0 radical (unpaired) electrons. The predicted octanol–water partition coefficient (Wildman–Crippen LogP) is 1.89. The average Bonchev–Trinajstić information content (AvgIpc) is 3.42. The number of hydrogen-bond acceptors (Lipinski definition) is 6. The number of esters is 1. The molecule has 0 aromatic heterocycles. The third-order valence-corrected chi connectivity index (χ3v) is 7.98. The van der Waals surface area contributed by atoms with Crippen LogP contribution < -0.4 is 0 Å². The summed E-state index contributed by atoms with van der Waals surface area (Å²) in [5, 5.41) is 9.95. The van der Waals surface area contributed by atoms with Crippen molar-refractivity contribution in [3.8, 4) is 0 Å². The molecule has 0 aliphatic carbocycles. The van der Waals surface area contributed by atoms with Crippen LogP contribution >= 0.6 is 15.9 Å². The Morgan fingerprint density at radius 1 is 1.41 bits per heavy atom. The number of fused-ring (bicyclic) bond motifs is 1. The molecular weight excluding hydrogens is 504 g/mol. The van der Waals surface area contributed by atoms with Gasteiger partial charge in [-0.2, -0.15) is 0 Å². The maximum absolute atomic E-state index is 14.1. The van der Waals surface area contributed by atoms with Crippen molar-refractivity contribution in [3.63, 3.8) is 0 Å². The van der Waals surface area contributed by atoms with Gasteiger partial charge in [-0.25, -0.2) is 0 Å². The molecule has 2 bridgehead atoms. The number of ether oxygens (including phenoxy) is 2. The second-order valence-corrected chi connectivity index (χ2v) is 10.4. The molecule has 3 saturated heterocycles. The molecule has 34 heavy (non-hydrogen) atoms. The molecule has 1 N–H and O–H groups in total. The number of rotatable bonds is 9. The van der Waals surface area contributed by atoms with E-state index in [1.807, 2.05) is 30.3 Å². The number of carbonyl (C=O) groups excluding carboxylic acids is 3. The Hall–Kier alpha value is -2.23. The molecular formula is C25H31BrN2O6. The molecule has 7 atom stereocenters. The number of nitrogens with zero attached hydrogens (tertiary/aromatic N) is 2. The Morgan fingerprint density at radius 3 is 2.74 bits per heavy atom. The van der Waals surface area contributed by atoms with Crippen molar-refractivity contribution in [2.75, 3.05) is 19.8 Å². The lowest BCUT2D eigenvalue weighted by atomic mass is 9.70. The monoisotopic (exact) mass is 534 g/mol. The average molecular weight is 535 g/mol. The van der Waals surface area contributed by atoms with Crippen molar-refractivity contribution in [2.45, 2.75) is 55.4 Å². The first kappa shape index (κ1) is 24.9. The van der Waals surface area contributed by atoms with Crippen molar-refractivity contribution in [3.05, 3.63) is 48.6 Å². The highest BCUT2D eigenvalue weighted by molar-refractivity contribution is 9.09. The number of alkyl halides is 1. The normalized spacial score (nSPS) is 32.4. The van der Waals surface area contributed by atoms with Crippen LogP contribution in [0.2, 0.25) is 0 Å². The summed E-state index contributed by atoms with van der Waals surface area (Å²) in [6.07, 6.45) is 1.49. The Morgan fingerprint density at radius 2 is 2.12 bits per heavy atom. The Bertz CT molecular complexity index is 958. The fraction of sp³-hybridized carbons (Fsp3) is 0.560. The molecule has 184 valence electrons. The lowest BCUT2D eigenvalue weighted by Crippen LogP contribution is -2.58. The van der Waals surface area contributed by atoms with E-state index in [4.69, 9.17) is 9.47 Å². The summed E-state index contributed by atoms with van der Waals surface area (Å²) in [6.45, 7) is 7.70. The first-order chi connectivity index (χ1) is 16.3. The number of likely N-dealkylation sites (tertiary alicyclic amines) is 1. The van der Waals surface area contributed by atoms with E-state index in [-0.39, 0.29) is 36.4 Å². The van der Waals surface area contributed by atoms with Crippen LogP contribution in [0.5, 0.6) is 0 Å². The van der Waals surface area contributed by atoms with Gasteiger partial charge >= 0.3 is 5.97 Å². The molecule has 1 spiro atoms. The number of hydrogen-bond donors (Lipinski definition) is 1. The highest BCUT2D eigenvalue weighted by Crippen LogP contribution is 2.60. The van der Waals surface area contributed by atoms with Crippen LogP contribution in [-0.4, -0.2) is 81.1 Å². The van der Waals surface area contributed by atoms with Crippen LogP contribution in [0.3, 0.4) is 0 Å². The number of aliphatic hydroxyl groups is 1. The van der Waals surface area contributed by atoms with Gasteiger partial charge in [-0.1, -0.05) is 52.3 Å². The molecule has 4 rings (SSSR count). The summed E-state index contributed by atoms with van der Waals surface area (Å²) in [6, 6.07) is 7.98. The van der Waals surface area contributed by atoms with Gasteiger partial charge in [-0.05, 0) is 25.8 Å². The fourth-order valence-electron chi connectivity index (χ4n) is 5.78. The first-order valence-corrected chi connectivity index (χ1v) is 12.6. The van der Waals surface area contributed by atoms with Crippen LogP contribution in [0.25, 0.3) is 0 Å². The van der Waals surface area contributed by atoms with Gasteiger partial charge in [0.25, 0.3) is 0 Å². The second-order valence-electron chi connectivity index (χ2n) is 9.19. The number of amides is 2. The van der Waals surface area contributed by atoms with E-state index < -0.39 is 41.6 Å². The summed E-state index contributed by atoms with van der Waals surface area (Å²) in [5.74, 6) is -2.77. The van der Waals surface area contributed by atoms with Crippen molar-refractivity contribution < 1.29 is 29.0 Å². The summed E-state index contributed by atoms with van der Waals surface area (Å²) in [4.78, 5) is 43.7. The lowest BCUT2D eigenvalue weighted by molar-refractivity contribution is -0.156. The van der Waals surface area contributed by atoms with Crippen LogP contribution in [0.15, 0.2) is 43.0 Å². The first-order valence-electron chi connectivity index (χ1n) is 11.7. The van der Waals surface area contributed by atoms with Crippen LogP contribution in [0.4, 0.5) is 0 Å². The zero-order chi connectivity index (χ0) is 24.6. The van der Waals surface area contributed by atoms with Crippen molar-refractivity contribution in [1.29, 1.82) is 0 Å². The van der Waals surface area contributed by atoms with Crippen LogP contribution in [0.1, 0.15) is 25.8 Å². The Kier molecular flexibility index (Phi) is 7.17. The third-order valence-electron chi connectivity index (χ3n) is 7.14. The van der Waals surface area contributed by atoms with Gasteiger partial charge in [0.1, 0.15) is 11.6 Å². The number of aliphatic hydroxyl groups excluding tert-OH is 1. The summed E-state index contributed by atoms with van der Waals surface area (Å²) in [7, 11) is 0. The van der Waals surface area contributed by atoms with E-state index in [1.54, 1.807) is 24.8 Å². The van der Waals surface area contributed by atoms with Gasteiger partial charge in [-0.15, -0.1) is 6.58 Å². The molecule has 9 heteroatoms. The molecule has 1 aromatic carbocycles. The van der Waals surface area contributed by atoms with E-state index in [9.17, 15) is 19.5 Å². The third kappa shape index (κ3) is 3.87. The molecule has 0 saturated carbocycles. The molecule has 3 aliphatic rings. The van der Waals surface area contributed by atoms with Gasteiger partial charge in [0, 0.05) is 17.9 Å². The minimum absolute atomic E-state index is 0.187. The standard InChI is InChI=1S/C25H31BrN2O6/c1-4-11-27(13-16-9-7-6-8-10-16)23(31)21-25-12-17(26)20(34-25)18(24(32)33-5-2)19(25)22(30)28(21)15(3)14-29/h4,6-10,15,17-21,29H,1,5,11-14H2,2-3H3/t15-,17?,18-,19+,20-,21?,25?/m1/s1. The highest BCUT2D eigenvalue weighted by atomic mass is 79.9. The lowest BCUT2D eigenvalue weighted by Gasteiger charge is -2.38. The highest BCUT2D eigenvalue weighted by Gasteiger charge is 2.77. The minimum atomic E-state index is -1.18. The zero-order valence-corrected chi connectivity index (χ0v) is 21.0. The molecule has 3 fully saturated rings. The predicted molar refractivity (Wildman–Crippen MR) is 128 cm³/mol. The van der Waals surface area contributed by atoms with Gasteiger partial charge in [-0.3, -0.25) is 14.4 Å². The maximum atomic E-state index is 14.1. The van der Waals surface area contributed by atoms with Gasteiger partial charge in [0.15, 0.2) is 0 Å². The van der Waals surface area contributed by atoms with Crippen LogP contribution in [0, 0.1) is 11.8 Å². The van der Waals surface area contributed by atoms with E-state index >= 15 is 0 Å². The van der Waals surface area contributed by atoms with Crippen molar-refractivity contribution >= 4 is 33.7 Å².